The van der Waals surface area contributed by atoms with Gasteiger partial charge in [-0.15, -0.1) is 11.3 Å². The van der Waals surface area contributed by atoms with Gasteiger partial charge in [0.1, 0.15) is 11.9 Å². The molecule has 8 nitrogen and oxygen atoms in total. The van der Waals surface area contributed by atoms with E-state index in [9.17, 15) is 17.6 Å². The summed E-state index contributed by atoms with van der Waals surface area (Å²) < 4.78 is 44.8. The number of fused-ring (bicyclic) bond motifs is 1. The Morgan fingerprint density at radius 3 is 2.79 bits per heavy atom. The quantitative estimate of drug-likeness (QED) is 0.552. The first kappa shape index (κ1) is 23.8. The molecule has 0 amide bonds. The molecule has 4 rings (SSSR count). The summed E-state index contributed by atoms with van der Waals surface area (Å²) in [6.07, 6.45) is 3.06. The summed E-state index contributed by atoms with van der Waals surface area (Å²) in [5.74, 6) is -0.582. The summed E-state index contributed by atoms with van der Waals surface area (Å²) in [7, 11) is -1.96. The average Bonchev–Trinajstić information content (AvgIpc) is 3.42. The zero-order valence-electron chi connectivity index (χ0n) is 18.2. The second-order valence-corrected chi connectivity index (χ2v) is 11.0. The maximum atomic E-state index is 13.8. The molecule has 1 fully saturated rings. The fourth-order valence-electron chi connectivity index (χ4n) is 4.01. The lowest BCUT2D eigenvalue weighted by Gasteiger charge is -2.31. The molecule has 2 atom stereocenters. The molecule has 176 valence electrons. The number of ether oxygens (including phenoxy) is 1. The van der Waals surface area contributed by atoms with Crippen molar-refractivity contribution < 1.29 is 22.3 Å². The highest BCUT2D eigenvalue weighted by Gasteiger charge is 2.44. The van der Waals surface area contributed by atoms with Gasteiger partial charge in [0.05, 0.1) is 18.4 Å². The molecule has 0 bridgehead atoms. The van der Waals surface area contributed by atoms with Crippen LogP contribution in [0.15, 0.2) is 46.0 Å². The lowest BCUT2D eigenvalue weighted by atomic mass is 9.94. The molecule has 33 heavy (non-hydrogen) atoms. The Kier molecular flexibility index (Phi) is 6.59. The number of carbonyl (C=O) groups is 1. The first-order valence-electron chi connectivity index (χ1n) is 10.1. The number of rotatable bonds is 6. The van der Waals surface area contributed by atoms with E-state index >= 15 is 0 Å². The molecule has 1 aromatic carbocycles. The van der Waals surface area contributed by atoms with Crippen LogP contribution < -0.4 is 0 Å². The van der Waals surface area contributed by atoms with Gasteiger partial charge in [-0.2, -0.15) is 4.31 Å². The topological polar surface area (TPSA) is 92.2 Å². The molecule has 2 aliphatic heterocycles. The van der Waals surface area contributed by atoms with Crippen LogP contribution in [0.4, 0.5) is 4.39 Å². The highest BCUT2D eigenvalue weighted by atomic mass is 35.5. The molecule has 2 aromatic rings. The van der Waals surface area contributed by atoms with E-state index in [0.29, 0.717) is 28.6 Å². The summed E-state index contributed by atoms with van der Waals surface area (Å²) in [5, 5.41) is 2.54. The van der Waals surface area contributed by atoms with Gasteiger partial charge in [-0.3, -0.25) is 4.99 Å². The van der Waals surface area contributed by atoms with Gasteiger partial charge in [-0.25, -0.2) is 22.6 Å². The van der Waals surface area contributed by atoms with Crippen LogP contribution in [0.25, 0.3) is 0 Å². The number of aromatic nitrogens is 1. The molecule has 0 unspecified atom stereocenters. The second-order valence-electron chi connectivity index (χ2n) is 7.69. The molecular weight excluding hydrogens is 491 g/mol. The maximum absolute atomic E-state index is 13.8. The third-order valence-electron chi connectivity index (χ3n) is 5.65. The standard InChI is InChI=1S/C21H22ClFN4O4S2/c1-4-31-21(28)17-16-10-13(26(2)33(3,29)30)11-27(16)19(20-24-7-8-32-20)25-18(17)14-6-5-12(23)9-15(14)22/h5-9,13,18H,4,10-11H2,1-3H3/t13-,18-/m0/s1. The lowest BCUT2D eigenvalue weighted by molar-refractivity contribution is -0.139. The van der Waals surface area contributed by atoms with E-state index in [0.717, 1.165) is 6.26 Å². The largest absolute Gasteiger partial charge is 0.463 e. The van der Waals surface area contributed by atoms with Crippen LogP contribution in [0.1, 0.15) is 30.0 Å². The van der Waals surface area contributed by atoms with E-state index in [-0.39, 0.29) is 23.6 Å². The number of halogens is 2. The number of amidine groups is 1. The first-order valence-corrected chi connectivity index (χ1v) is 13.3. The van der Waals surface area contributed by atoms with Gasteiger partial charge >= 0.3 is 5.97 Å². The zero-order chi connectivity index (χ0) is 23.9. The molecular formula is C21H22ClFN4O4S2. The summed E-state index contributed by atoms with van der Waals surface area (Å²) in [4.78, 5) is 24.2. The minimum atomic E-state index is -3.47. The van der Waals surface area contributed by atoms with E-state index in [4.69, 9.17) is 21.3 Å². The Labute approximate surface area is 200 Å². The third-order valence-corrected chi connectivity index (χ3v) is 8.09. The molecule has 0 spiro atoms. The predicted molar refractivity (Wildman–Crippen MR) is 124 cm³/mol. The number of benzene rings is 1. The SMILES string of the molecule is CCOC(=O)C1=C2C[C@H](N(C)S(C)(=O)=O)CN2C(c2nccs2)=N[C@H]1c1ccc(F)cc1Cl. The fraction of sp³-hybridized carbons (Fsp3) is 0.381. The molecule has 1 aromatic heterocycles. The minimum Gasteiger partial charge on any atom is -0.463 e. The Balaban J connectivity index is 1.91. The summed E-state index contributed by atoms with van der Waals surface area (Å²) >= 11 is 7.74. The number of esters is 1. The van der Waals surface area contributed by atoms with E-state index in [2.05, 4.69) is 4.98 Å². The highest BCUT2D eigenvalue weighted by molar-refractivity contribution is 7.88. The molecule has 0 radical (unpaired) electrons. The van der Waals surface area contributed by atoms with Crippen LogP contribution in [0.3, 0.4) is 0 Å². The maximum Gasteiger partial charge on any atom is 0.338 e. The molecule has 0 aliphatic carbocycles. The molecule has 0 saturated carbocycles. The van der Waals surface area contributed by atoms with Crippen LogP contribution in [-0.4, -0.2) is 66.9 Å². The first-order chi connectivity index (χ1) is 15.6. The molecule has 3 heterocycles. The minimum absolute atomic E-state index is 0.126. The number of carbonyl (C=O) groups excluding carboxylic acids is 1. The Morgan fingerprint density at radius 1 is 1.42 bits per heavy atom. The summed E-state index contributed by atoms with van der Waals surface area (Å²) in [6.45, 7) is 2.14. The second kappa shape index (κ2) is 9.13. The van der Waals surface area contributed by atoms with E-state index in [1.807, 2.05) is 4.90 Å². The summed E-state index contributed by atoms with van der Waals surface area (Å²) in [5.41, 5.74) is 1.30. The van der Waals surface area contributed by atoms with Gasteiger partial charge in [-0.1, -0.05) is 17.7 Å². The lowest BCUT2D eigenvalue weighted by Crippen LogP contribution is -2.40. The molecule has 0 N–H and O–H groups in total. The van der Waals surface area contributed by atoms with Crippen LogP contribution in [0.5, 0.6) is 0 Å². The number of nitrogens with zero attached hydrogens (tertiary/aromatic N) is 4. The number of sulfonamides is 1. The number of likely N-dealkylation sites (N-methyl/N-ethyl adjacent to an activating group) is 1. The Bertz CT molecular complexity index is 1250. The van der Waals surface area contributed by atoms with Gasteiger partial charge in [0.15, 0.2) is 10.8 Å². The monoisotopic (exact) mass is 512 g/mol. The Morgan fingerprint density at radius 2 is 2.18 bits per heavy atom. The van der Waals surface area contributed by atoms with Crippen LogP contribution in [0.2, 0.25) is 5.02 Å². The smallest absolute Gasteiger partial charge is 0.338 e. The van der Waals surface area contributed by atoms with Crippen molar-refractivity contribution in [3.05, 3.63) is 62.5 Å². The van der Waals surface area contributed by atoms with Gasteiger partial charge in [0.25, 0.3) is 0 Å². The van der Waals surface area contributed by atoms with Crippen molar-refractivity contribution in [2.45, 2.75) is 25.4 Å². The predicted octanol–water partition coefficient (Wildman–Crippen LogP) is 3.22. The number of hydrogen-bond acceptors (Lipinski definition) is 8. The van der Waals surface area contributed by atoms with E-state index in [1.165, 1.54) is 40.9 Å². The van der Waals surface area contributed by atoms with E-state index in [1.54, 1.807) is 18.5 Å². The number of aliphatic imine (C=N–C) groups is 1. The summed E-state index contributed by atoms with van der Waals surface area (Å²) in [6, 6.07) is 2.64. The van der Waals surface area contributed by atoms with Crippen LogP contribution in [0, 0.1) is 5.82 Å². The van der Waals surface area contributed by atoms with Crippen molar-refractivity contribution in [2.75, 3.05) is 26.5 Å². The number of thiazole rings is 1. The van der Waals surface area contributed by atoms with Crippen molar-refractivity contribution in [1.29, 1.82) is 0 Å². The highest BCUT2D eigenvalue weighted by Crippen LogP contribution is 2.43. The average molecular weight is 513 g/mol. The van der Waals surface area contributed by atoms with E-state index < -0.39 is 33.9 Å². The number of hydrogen-bond donors (Lipinski definition) is 0. The molecule has 1 saturated heterocycles. The van der Waals surface area contributed by atoms with Gasteiger partial charge in [-0.05, 0) is 19.1 Å². The van der Waals surface area contributed by atoms with Crippen molar-refractivity contribution in [3.8, 4) is 0 Å². The van der Waals surface area contributed by atoms with Crippen molar-refractivity contribution in [2.24, 2.45) is 4.99 Å². The van der Waals surface area contributed by atoms with Crippen molar-refractivity contribution >= 4 is 44.8 Å². The van der Waals surface area contributed by atoms with Crippen LogP contribution >= 0.6 is 22.9 Å². The molecule has 2 aliphatic rings. The van der Waals surface area contributed by atoms with Crippen molar-refractivity contribution in [1.82, 2.24) is 14.2 Å². The zero-order valence-corrected chi connectivity index (χ0v) is 20.5. The molecule has 12 heteroatoms. The van der Waals surface area contributed by atoms with Crippen molar-refractivity contribution in [3.63, 3.8) is 0 Å². The van der Waals surface area contributed by atoms with Gasteiger partial charge in [0, 0.05) is 53.9 Å². The van der Waals surface area contributed by atoms with Gasteiger partial charge < -0.3 is 9.64 Å². The normalized spacial score (nSPS) is 20.8. The Hall–Kier alpha value is -2.34. The van der Waals surface area contributed by atoms with Gasteiger partial charge in [0.2, 0.25) is 10.0 Å². The third kappa shape index (κ3) is 4.54. The fourth-order valence-corrected chi connectivity index (χ4v) is 5.60. The van der Waals surface area contributed by atoms with Crippen LogP contribution in [-0.2, 0) is 19.6 Å².